The SMILES string of the molecule is Cc1cc(-c2cc(Cn3ccn(C)c3=N)cc(C(=O)NCc3ccc(Cl)c(Cl)c3)c2)ccn1. The van der Waals surface area contributed by atoms with E-state index in [0.29, 0.717) is 34.3 Å². The molecule has 0 aliphatic rings. The Bertz CT molecular complexity index is 1390. The molecular formula is C25H23Cl2N5O. The van der Waals surface area contributed by atoms with E-state index in [1.807, 2.05) is 67.3 Å². The number of imidazole rings is 1. The van der Waals surface area contributed by atoms with Crippen molar-refractivity contribution in [1.82, 2.24) is 19.4 Å². The molecule has 0 fully saturated rings. The Labute approximate surface area is 201 Å². The number of aryl methyl sites for hydroxylation is 2. The highest BCUT2D eigenvalue weighted by molar-refractivity contribution is 6.42. The molecule has 0 aliphatic heterocycles. The van der Waals surface area contributed by atoms with Crippen LogP contribution >= 0.6 is 23.2 Å². The maximum atomic E-state index is 13.1. The molecule has 8 heteroatoms. The molecule has 0 aliphatic carbocycles. The zero-order chi connectivity index (χ0) is 23.5. The van der Waals surface area contributed by atoms with E-state index in [4.69, 9.17) is 28.6 Å². The number of carbonyl (C=O) groups excluding carboxylic acids is 1. The normalized spacial score (nSPS) is 10.9. The number of hydrogen-bond donors (Lipinski definition) is 2. The number of nitrogens with zero attached hydrogens (tertiary/aromatic N) is 3. The highest BCUT2D eigenvalue weighted by Gasteiger charge is 2.12. The van der Waals surface area contributed by atoms with Gasteiger partial charge in [-0.3, -0.25) is 15.2 Å². The molecule has 168 valence electrons. The summed E-state index contributed by atoms with van der Waals surface area (Å²) in [6, 6.07) is 15.0. The summed E-state index contributed by atoms with van der Waals surface area (Å²) < 4.78 is 3.56. The van der Waals surface area contributed by atoms with Gasteiger partial charge in [-0.25, -0.2) is 0 Å². The van der Waals surface area contributed by atoms with Gasteiger partial charge in [0.15, 0.2) is 0 Å². The van der Waals surface area contributed by atoms with E-state index >= 15 is 0 Å². The third-order valence-electron chi connectivity index (χ3n) is 5.35. The zero-order valence-electron chi connectivity index (χ0n) is 18.3. The first-order chi connectivity index (χ1) is 15.8. The fourth-order valence-electron chi connectivity index (χ4n) is 3.59. The molecule has 2 aromatic carbocycles. The maximum absolute atomic E-state index is 13.1. The molecule has 4 aromatic rings. The molecule has 0 atom stereocenters. The molecule has 2 aromatic heterocycles. The largest absolute Gasteiger partial charge is 0.348 e. The monoisotopic (exact) mass is 479 g/mol. The maximum Gasteiger partial charge on any atom is 0.251 e. The second-order valence-corrected chi connectivity index (χ2v) is 8.71. The van der Waals surface area contributed by atoms with Gasteiger partial charge < -0.3 is 14.5 Å². The average Bonchev–Trinajstić information content (AvgIpc) is 3.11. The molecule has 2 N–H and O–H groups in total. The van der Waals surface area contributed by atoms with Crippen LogP contribution in [0.4, 0.5) is 0 Å². The summed E-state index contributed by atoms with van der Waals surface area (Å²) in [6.07, 6.45) is 5.45. The minimum absolute atomic E-state index is 0.195. The predicted molar refractivity (Wildman–Crippen MR) is 130 cm³/mol. The number of carbonyl (C=O) groups is 1. The van der Waals surface area contributed by atoms with Crippen LogP contribution in [0.1, 0.15) is 27.2 Å². The van der Waals surface area contributed by atoms with Gasteiger partial charge in [-0.05, 0) is 71.6 Å². The molecule has 0 spiro atoms. The number of benzene rings is 2. The summed E-state index contributed by atoms with van der Waals surface area (Å²) in [4.78, 5) is 17.3. The summed E-state index contributed by atoms with van der Waals surface area (Å²) >= 11 is 12.1. The van der Waals surface area contributed by atoms with Gasteiger partial charge in [0.1, 0.15) is 0 Å². The molecule has 0 saturated heterocycles. The lowest BCUT2D eigenvalue weighted by molar-refractivity contribution is 0.0951. The second kappa shape index (κ2) is 9.65. The van der Waals surface area contributed by atoms with E-state index in [-0.39, 0.29) is 5.91 Å². The average molecular weight is 480 g/mol. The van der Waals surface area contributed by atoms with E-state index in [1.165, 1.54) is 0 Å². The fourth-order valence-corrected chi connectivity index (χ4v) is 3.91. The van der Waals surface area contributed by atoms with E-state index < -0.39 is 0 Å². The van der Waals surface area contributed by atoms with E-state index in [0.717, 1.165) is 27.9 Å². The Balaban J connectivity index is 1.65. The predicted octanol–water partition coefficient (Wildman–Crippen LogP) is 4.96. The number of rotatable bonds is 6. The van der Waals surface area contributed by atoms with Crippen LogP contribution in [-0.2, 0) is 20.1 Å². The Morgan fingerprint density at radius 2 is 1.82 bits per heavy atom. The minimum atomic E-state index is -0.195. The van der Waals surface area contributed by atoms with Gasteiger partial charge in [0.2, 0.25) is 5.62 Å². The lowest BCUT2D eigenvalue weighted by Crippen LogP contribution is -2.24. The van der Waals surface area contributed by atoms with Crippen molar-refractivity contribution in [3.63, 3.8) is 0 Å². The van der Waals surface area contributed by atoms with Crippen molar-refractivity contribution in [3.05, 3.63) is 105 Å². The molecule has 0 saturated carbocycles. The van der Waals surface area contributed by atoms with Gasteiger partial charge >= 0.3 is 0 Å². The van der Waals surface area contributed by atoms with Gasteiger partial charge in [-0.2, -0.15) is 0 Å². The van der Waals surface area contributed by atoms with Crippen molar-refractivity contribution in [1.29, 1.82) is 5.41 Å². The van der Waals surface area contributed by atoms with E-state index in [1.54, 1.807) is 22.9 Å². The number of hydrogen-bond acceptors (Lipinski definition) is 3. The third-order valence-corrected chi connectivity index (χ3v) is 6.09. The van der Waals surface area contributed by atoms with Gasteiger partial charge in [0.05, 0.1) is 16.6 Å². The van der Waals surface area contributed by atoms with Crippen LogP contribution in [-0.4, -0.2) is 20.0 Å². The van der Waals surface area contributed by atoms with Crippen LogP contribution in [0.5, 0.6) is 0 Å². The molecule has 1 amide bonds. The lowest BCUT2D eigenvalue weighted by atomic mass is 9.99. The van der Waals surface area contributed by atoms with Crippen LogP contribution in [0.25, 0.3) is 11.1 Å². The standard InChI is InChI=1S/C25H23Cl2N5O/c1-16-9-19(5-6-29-16)20-10-18(15-32-8-7-31(2)25(32)28)11-21(13-20)24(33)30-14-17-3-4-22(26)23(27)12-17/h3-13,28H,14-15H2,1-2H3,(H,30,33). The Morgan fingerprint density at radius 1 is 1.00 bits per heavy atom. The van der Waals surface area contributed by atoms with Gasteiger partial charge in [0, 0.05) is 43.4 Å². The molecule has 6 nitrogen and oxygen atoms in total. The summed E-state index contributed by atoms with van der Waals surface area (Å²) in [6.45, 7) is 2.74. The summed E-state index contributed by atoms with van der Waals surface area (Å²) in [5.74, 6) is -0.195. The molecule has 0 bridgehead atoms. The highest BCUT2D eigenvalue weighted by atomic mass is 35.5. The second-order valence-electron chi connectivity index (χ2n) is 7.90. The molecule has 2 heterocycles. The van der Waals surface area contributed by atoms with Crippen molar-refractivity contribution in [2.45, 2.75) is 20.0 Å². The van der Waals surface area contributed by atoms with E-state index in [9.17, 15) is 4.79 Å². The van der Waals surface area contributed by atoms with E-state index in [2.05, 4.69) is 10.3 Å². The van der Waals surface area contributed by atoms with Crippen molar-refractivity contribution in [2.75, 3.05) is 0 Å². The number of amides is 1. The number of aromatic nitrogens is 3. The van der Waals surface area contributed by atoms with Gasteiger partial charge in [-0.1, -0.05) is 29.3 Å². The van der Waals surface area contributed by atoms with Crippen molar-refractivity contribution in [2.24, 2.45) is 7.05 Å². The molecular weight excluding hydrogens is 457 g/mol. The quantitative estimate of drug-likeness (QED) is 0.409. The highest BCUT2D eigenvalue weighted by Crippen LogP contribution is 2.24. The number of pyridine rings is 1. The third kappa shape index (κ3) is 5.35. The van der Waals surface area contributed by atoms with Crippen molar-refractivity contribution in [3.8, 4) is 11.1 Å². The van der Waals surface area contributed by atoms with Crippen molar-refractivity contribution < 1.29 is 4.79 Å². The van der Waals surface area contributed by atoms with Crippen LogP contribution in [0, 0.1) is 12.3 Å². The van der Waals surface area contributed by atoms with Crippen LogP contribution < -0.4 is 10.9 Å². The first-order valence-corrected chi connectivity index (χ1v) is 11.1. The smallest absolute Gasteiger partial charge is 0.251 e. The first-order valence-electron chi connectivity index (χ1n) is 10.4. The Hall–Kier alpha value is -3.35. The number of nitrogens with one attached hydrogen (secondary N) is 2. The van der Waals surface area contributed by atoms with Crippen molar-refractivity contribution >= 4 is 29.1 Å². The zero-order valence-corrected chi connectivity index (χ0v) is 19.8. The van der Waals surface area contributed by atoms with Crippen LogP contribution in [0.2, 0.25) is 10.0 Å². The molecule has 33 heavy (non-hydrogen) atoms. The topological polar surface area (TPSA) is 75.7 Å². The molecule has 0 unspecified atom stereocenters. The Morgan fingerprint density at radius 3 is 2.52 bits per heavy atom. The summed E-state index contributed by atoms with van der Waals surface area (Å²) in [5.41, 5.74) is 5.50. The summed E-state index contributed by atoms with van der Waals surface area (Å²) in [7, 11) is 1.83. The number of halogens is 2. The molecule has 4 rings (SSSR count). The summed E-state index contributed by atoms with van der Waals surface area (Å²) in [5, 5.41) is 12.1. The van der Waals surface area contributed by atoms with Crippen LogP contribution in [0.3, 0.4) is 0 Å². The minimum Gasteiger partial charge on any atom is -0.348 e. The van der Waals surface area contributed by atoms with Gasteiger partial charge in [-0.15, -0.1) is 0 Å². The van der Waals surface area contributed by atoms with Crippen LogP contribution in [0.15, 0.2) is 67.1 Å². The lowest BCUT2D eigenvalue weighted by Gasteiger charge is -2.12. The molecule has 0 radical (unpaired) electrons. The Kier molecular flexibility index (Phi) is 6.67. The fraction of sp³-hybridized carbons (Fsp3) is 0.160. The van der Waals surface area contributed by atoms with Gasteiger partial charge in [0.25, 0.3) is 5.91 Å². The first kappa shape index (κ1) is 22.8.